The second-order valence-electron chi connectivity index (χ2n) is 5.98. The molecule has 0 bridgehead atoms. The molecular formula is C19H23BrN3O2+. The largest absolute Gasteiger partial charge is 0.347 e. The Hall–Kier alpha value is -2.18. The van der Waals surface area contributed by atoms with Crippen molar-refractivity contribution in [2.75, 3.05) is 18.9 Å². The van der Waals surface area contributed by atoms with Crippen molar-refractivity contribution in [3.8, 4) is 0 Å². The van der Waals surface area contributed by atoms with E-state index in [0.29, 0.717) is 6.54 Å². The van der Waals surface area contributed by atoms with Crippen LogP contribution in [0.5, 0.6) is 0 Å². The van der Waals surface area contributed by atoms with Crippen molar-refractivity contribution >= 4 is 33.4 Å². The lowest BCUT2D eigenvalue weighted by Crippen LogP contribution is -3.15. The van der Waals surface area contributed by atoms with E-state index in [1.807, 2.05) is 68.6 Å². The Bertz CT molecular complexity index is 722. The highest BCUT2D eigenvalue weighted by Crippen LogP contribution is 2.20. The van der Waals surface area contributed by atoms with Gasteiger partial charge in [0.2, 0.25) is 0 Å². The standard InChI is InChI=1S/C19H22BrN3O2/c1-14(19(25)21-12-15-8-4-3-5-9-15)23(2)13-18(24)22-17-11-7-6-10-16(17)20/h3-11,14H,12-13H2,1-2H3,(H,21,25)(H,22,24)/p+1/t14-/m0/s1. The zero-order valence-electron chi connectivity index (χ0n) is 14.4. The molecule has 0 aliphatic carbocycles. The molecule has 132 valence electrons. The number of rotatable bonds is 7. The van der Waals surface area contributed by atoms with Gasteiger partial charge >= 0.3 is 0 Å². The maximum Gasteiger partial charge on any atom is 0.279 e. The maximum atomic E-state index is 12.3. The number of quaternary nitrogens is 1. The molecule has 0 aliphatic heterocycles. The number of anilines is 1. The van der Waals surface area contributed by atoms with Crippen LogP contribution >= 0.6 is 15.9 Å². The van der Waals surface area contributed by atoms with E-state index in [4.69, 9.17) is 0 Å². The van der Waals surface area contributed by atoms with Gasteiger partial charge in [-0.25, -0.2) is 0 Å². The van der Waals surface area contributed by atoms with E-state index in [2.05, 4.69) is 26.6 Å². The molecular weight excluding hydrogens is 382 g/mol. The third-order valence-electron chi connectivity index (χ3n) is 4.03. The van der Waals surface area contributed by atoms with E-state index < -0.39 is 0 Å². The van der Waals surface area contributed by atoms with Crippen LogP contribution in [-0.4, -0.2) is 31.4 Å². The number of hydrogen-bond donors (Lipinski definition) is 3. The van der Waals surface area contributed by atoms with Crippen LogP contribution in [0.15, 0.2) is 59.1 Å². The Morgan fingerprint density at radius 2 is 1.72 bits per heavy atom. The van der Waals surface area contributed by atoms with Crippen molar-refractivity contribution in [1.82, 2.24) is 5.32 Å². The molecule has 5 nitrogen and oxygen atoms in total. The first-order valence-electron chi connectivity index (χ1n) is 8.15. The van der Waals surface area contributed by atoms with Gasteiger partial charge < -0.3 is 15.5 Å². The van der Waals surface area contributed by atoms with Gasteiger partial charge in [-0.15, -0.1) is 0 Å². The number of halogens is 1. The summed E-state index contributed by atoms with van der Waals surface area (Å²) in [5.41, 5.74) is 1.77. The molecule has 0 fully saturated rings. The van der Waals surface area contributed by atoms with Crippen LogP contribution < -0.4 is 15.5 Å². The lowest BCUT2D eigenvalue weighted by atomic mass is 10.2. The number of nitrogens with one attached hydrogen (secondary N) is 3. The fourth-order valence-electron chi connectivity index (χ4n) is 2.33. The van der Waals surface area contributed by atoms with Crippen LogP contribution in [0.3, 0.4) is 0 Å². The first kappa shape index (κ1) is 19.1. The van der Waals surface area contributed by atoms with Crippen molar-refractivity contribution in [2.24, 2.45) is 0 Å². The molecule has 25 heavy (non-hydrogen) atoms. The van der Waals surface area contributed by atoms with Gasteiger partial charge in [0, 0.05) is 11.0 Å². The van der Waals surface area contributed by atoms with E-state index in [0.717, 1.165) is 20.6 Å². The van der Waals surface area contributed by atoms with Gasteiger partial charge in [0.05, 0.1) is 12.7 Å². The first-order chi connectivity index (χ1) is 12.0. The van der Waals surface area contributed by atoms with Crippen LogP contribution in [0.2, 0.25) is 0 Å². The van der Waals surface area contributed by atoms with Crippen molar-refractivity contribution < 1.29 is 14.5 Å². The lowest BCUT2D eigenvalue weighted by molar-refractivity contribution is -0.885. The zero-order valence-corrected chi connectivity index (χ0v) is 16.0. The van der Waals surface area contributed by atoms with Gasteiger partial charge in [0.15, 0.2) is 12.6 Å². The van der Waals surface area contributed by atoms with Crippen LogP contribution in [-0.2, 0) is 16.1 Å². The van der Waals surface area contributed by atoms with E-state index in [-0.39, 0.29) is 24.4 Å². The second kappa shape index (κ2) is 9.34. The number of hydrogen-bond acceptors (Lipinski definition) is 2. The number of benzene rings is 2. The summed E-state index contributed by atoms with van der Waals surface area (Å²) >= 11 is 3.40. The summed E-state index contributed by atoms with van der Waals surface area (Å²) in [7, 11) is 1.84. The minimum atomic E-state index is -0.325. The molecule has 0 heterocycles. The van der Waals surface area contributed by atoms with Crippen LogP contribution in [0, 0.1) is 0 Å². The van der Waals surface area contributed by atoms with Crippen LogP contribution in [0.1, 0.15) is 12.5 Å². The molecule has 1 unspecified atom stereocenters. The number of carbonyl (C=O) groups is 2. The van der Waals surface area contributed by atoms with Gasteiger partial charge in [-0.1, -0.05) is 42.5 Å². The number of para-hydroxylation sites is 1. The molecule has 0 saturated carbocycles. The van der Waals surface area contributed by atoms with Gasteiger partial charge in [-0.2, -0.15) is 0 Å². The molecule has 2 amide bonds. The number of carbonyl (C=O) groups excluding carboxylic acids is 2. The second-order valence-corrected chi connectivity index (χ2v) is 6.83. The van der Waals surface area contributed by atoms with E-state index in [9.17, 15) is 9.59 Å². The van der Waals surface area contributed by atoms with E-state index >= 15 is 0 Å². The zero-order chi connectivity index (χ0) is 18.2. The Labute approximate surface area is 156 Å². The summed E-state index contributed by atoms with van der Waals surface area (Å²) in [4.78, 5) is 25.3. The quantitative estimate of drug-likeness (QED) is 0.656. The molecule has 0 saturated heterocycles. The van der Waals surface area contributed by atoms with Crippen molar-refractivity contribution in [1.29, 1.82) is 0 Å². The summed E-state index contributed by atoms with van der Waals surface area (Å²) in [6.45, 7) is 2.52. The third kappa shape index (κ3) is 5.99. The lowest BCUT2D eigenvalue weighted by Gasteiger charge is -2.20. The van der Waals surface area contributed by atoms with E-state index in [1.165, 1.54) is 0 Å². The Kier molecular flexibility index (Phi) is 7.16. The molecule has 0 aliphatic rings. The Morgan fingerprint density at radius 1 is 1.08 bits per heavy atom. The van der Waals surface area contributed by atoms with Crippen molar-refractivity contribution in [3.05, 3.63) is 64.6 Å². The smallest absolute Gasteiger partial charge is 0.279 e. The number of likely N-dealkylation sites (N-methyl/N-ethyl adjacent to an activating group) is 1. The first-order valence-corrected chi connectivity index (χ1v) is 8.95. The molecule has 2 rings (SSSR count). The summed E-state index contributed by atoms with van der Waals surface area (Å²) in [5, 5.41) is 5.77. The third-order valence-corrected chi connectivity index (χ3v) is 4.72. The molecule has 3 N–H and O–H groups in total. The van der Waals surface area contributed by atoms with Crippen molar-refractivity contribution in [2.45, 2.75) is 19.5 Å². The van der Waals surface area contributed by atoms with Crippen molar-refractivity contribution in [3.63, 3.8) is 0 Å². The maximum absolute atomic E-state index is 12.3. The molecule has 0 spiro atoms. The Morgan fingerprint density at radius 3 is 2.40 bits per heavy atom. The van der Waals surface area contributed by atoms with Gasteiger partial charge in [-0.05, 0) is 40.5 Å². The van der Waals surface area contributed by atoms with Crippen LogP contribution in [0.25, 0.3) is 0 Å². The molecule has 2 aromatic rings. The van der Waals surface area contributed by atoms with Gasteiger partial charge in [-0.3, -0.25) is 9.59 Å². The SMILES string of the molecule is C[C@@H](C(=O)NCc1ccccc1)[NH+](C)CC(=O)Nc1ccccc1Br. The predicted octanol–water partition coefficient (Wildman–Crippen LogP) is 1.61. The molecule has 0 radical (unpaired) electrons. The highest BCUT2D eigenvalue weighted by Gasteiger charge is 2.23. The van der Waals surface area contributed by atoms with Gasteiger partial charge in [0.1, 0.15) is 0 Å². The normalized spacial score (nSPS) is 12.9. The summed E-state index contributed by atoms with van der Waals surface area (Å²) < 4.78 is 0.828. The molecule has 0 aromatic heterocycles. The summed E-state index contributed by atoms with van der Waals surface area (Å²) in [6, 6.07) is 16.9. The molecule has 2 atom stereocenters. The summed E-state index contributed by atoms with van der Waals surface area (Å²) in [5.74, 6) is -0.206. The van der Waals surface area contributed by atoms with Gasteiger partial charge in [0.25, 0.3) is 11.8 Å². The highest BCUT2D eigenvalue weighted by molar-refractivity contribution is 9.10. The Balaban J connectivity index is 1.82. The summed E-state index contributed by atoms with van der Waals surface area (Å²) in [6.07, 6.45) is 0. The average Bonchev–Trinajstić information content (AvgIpc) is 2.61. The molecule has 6 heteroatoms. The fourth-order valence-corrected chi connectivity index (χ4v) is 2.71. The predicted molar refractivity (Wildman–Crippen MR) is 102 cm³/mol. The van der Waals surface area contributed by atoms with Crippen LogP contribution in [0.4, 0.5) is 5.69 Å². The average molecular weight is 405 g/mol. The minimum absolute atomic E-state index is 0.0740. The minimum Gasteiger partial charge on any atom is -0.347 e. The highest BCUT2D eigenvalue weighted by atomic mass is 79.9. The topological polar surface area (TPSA) is 62.6 Å². The fraction of sp³-hybridized carbons (Fsp3) is 0.263. The van der Waals surface area contributed by atoms with E-state index in [1.54, 1.807) is 0 Å². The monoisotopic (exact) mass is 404 g/mol. The number of amides is 2. The molecule has 2 aromatic carbocycles.